The first-order valence-corrected chi connectivity index (χ1v) is 7.20. The number of methoxy groups -OCH3 is 1. The van der Waals surface area contributed by atoms with Gasteiger partial charge in [0.1, 0.15) is 11.6 Å². The van der Waals surface area contributed by atoms with Gasteiger partial charge in [-0.05, 0) is 48.4 Å². The molecule has 20 heavy (non-hydrogen) atoms. The van der Waals surface area contributed by atoms with Gasteiger partial charge in [0, 0.05) is 17.1 Å². The van der Waals surface area contributed by atoms with Crippen LogP contribution in [-0.2, 0) is 6.54 Å². The third kappa shape index (κ3) is 3.81. The summed E-state index contributed by atoms with van der Waals surface area (Å²) >= 11 is 3.43. The molecule has 2 aromatic carbocycles. The van der Waals surface area contributed by atoms with Gasteiger partial charge in [-0.1, -0.05) is 28.1 Å². The van der Waals surface area contributed by atoms with Crippen molar-refractivity contribution in [3.63, 3.8) is 0 Å². The van der Waals surface area contributed by atoms with Crippen molar-refractivity contribution in [2.45, 2.75) is 19.5 Å². The topological polar surface area (TPSA) is 21.3 Å². The first kappa shape index (κ1) is 15.0. The molecule has 0 radical (unpaired) electrons. The maximum atomic E-state index is 13.2. The maximum Gasteiger partial charge on any atom is 0.123 e. The summed E-state index contributed by atoms with van der Waals surface area (Å²) in [6, 6.07) is 12.8. The van der Waals surface area contributed by atoms with Gasteiger partial charge in [-0.15, -0.1) is 0 Å². The molecule has 1 N–H and O–H groups in total. The van der Waals surface area contributed by atoms with Gasteiger partial charge < -0.3 is 10.1 Å². The molecule has 0 amide bonds. The summed E-state index contributed by atoms with van der Waals surface area (Å²) in [4.78, 5) is 0. The summed E-state index contributed by atoms with van der Waals surface area (Å²) in [6.45, 7) is 2.67. The highest BCUT2D eigenvalue weighted by Gasteiger charge is 2.08. The monoisotopic (exact) mass is 337 g/mol. The van der Waals surface area contributed by atoms with Crippen LogP contribution in [0.5, 0.6) is 5.75 Å². The van der Waals surface area contributed by atoms with E-state index in [1.807, 2.05) is 24.3 Å². The van der Waals surface area contributed by atoms with Crippen molar-refractivity contribution < 1.29 is 9.13 Å². The Bertz CT molecular complexity index is 588. The van der Waals surface area contributed by atoms with E-state index in [1.54, 1.807) is 13.2 Å². The lowest BCUT2D eigenvalue weighted by atomic mass is 10.1. The second kappa shape index (κ2) is 6.86. The molecule has 106 valence electrons. The van der Waals surface area contributed by atoms with Crippen molar-refractivity contribution in [2.24, 2.45) is 0 Å². The molecular formula is C16H17BrFNO. The van der Waals surface area contributed by atoms with Crippen molar-refractivity contribution in [3.8, 4) is 5.75 Å². The molecule has 0 aliphatic heterocycles. The van der Waals surface area contributed by atoms with Crippen LogP contribution < -0.4 is 10.1 Å². The number of benzene rings is 2. The number of hydrogen-bond acceptors (Lipinski definition) is 2. The van der Waals surface area contributed by atoms with E-state index < -0.39 is 0 Å². The van der Waals surface area contributed by atoms with Crippen LogP contribution in [0.25, 0.3) is 0 Å². The van der Waals surface area contributed by atoms with Gasteiger partial charge in [0.05, 0.1) is 7.11 Å². The van der Waals surface area contributed by atoms with Crippen LogP contribution in [0, 0.1) is 5.82 Å². The van der Waals surface area contributed by atoms with Gasteiger partial charge in [-0.2, -0.15) is 0 Å². The summed E-state index contributed by atoms with van der Waals surface area (Å²) in [7, 11) is 1.65. The first-order chi connectivity index (χ1) is 9.60. The van der Waals surface area contributed by atoms with Crippen LogP contribution in [-0.4, -0.2) is 7.11 Å². The Balaban J connectivity index is 2.04. The van der Waals surface area contributed by atoms with Crippen LogP contribution >= 0.6 is 15.9 Å². The van der Waals surface area contributed by atoms with Crippen LogP contribution in [0.3, 0.4) is 0 Å². The molecule has 0 spiro atoms. The molecule has 0 saturated carbocycles. The molecular weight excluding hydrogens is 321 g/mol. The highest BCUT2D eigenvalue weighted by atomic mass is 79.9. The predicted molar refractivity (Wildman–Crippen MR) is 82.3 cm³/mol. The average molecular weight is 338 g/mol. The Morgan fingerprint density at radius 1 is 1.25 bits per heavy atom. The molecule has 0 saturated heterocycles. The molecule has 1 atom stereocenters. The third-order valence-corrected chi connectivity index (χ3v) is 3.97. The summed E-state index contributed by atoms with van der Waals surface area (Å²) < 4.78 is 19.4. The Labute approximate surface area is 127 Å². The quantitative estimate of drug-likeness (QED) is 0.870. The standard InChI is InChI=1S/C16H17BrFNO/c1-11(12-4-3-5-15(9-12)20-2)19-10-13-8-14(18)6-7-16(13)17/h3-9,11,19H,10H2,1-2H3/t11-/m0/s1. The van der Waals surface area contributed by atoms with E-state index in [0.717, 1.165) is 21.3 Å². The molecule has 0 aliphatic rings. The number of rotatable bonds is 5. The second-order valence-electron chi connectivity index (χ2n) is 4.61. The summed E-state index contributed by atoms with van der Waals surface area (Å²) in [5, 5.41) is 3.38. The van der Waals surface area contributed by atoms with Crippen LogP contribution in [0.2, 0.25) is 0 Å². The molecule has 0 bridgehead atoms. The van der Waals surface area contributed by atoms with Gasteiger partial charge in [0.15, 0.2) is 0 Å². The Kier molecular flexibility index (Phi) is 5.15. The van der Waals surface area contributed by atoms with E-state index >= 15 is 0 Å². The fourth-order valence-electron chi connectivity index (χ4n) is 1.97. The molecule has 2 nitrogen and oxygen atoms in total. The Morgan fingerprint density at radius 2 is 2.05 bits per heavy atom. The van der Waals surface area contributed by atoms with Crippen LogP contribution in [0.15, 0.2) is 46.9 Å². The molecule has 0 fully saturated rings. The maximum absolute atomic E-state index is 13.2. The van der Waals surface area contributed by atoms with E-state index in [-0.39, 0.29) is 11.9 Å². The van der Waals surface area contributed by atoms with Crippen molar-refractivity contribution in [3.05, 3.63) is 63.9 Å². The average Bonchev–Trinajstić information content (AvgIpc) is 2.48. The molecule has 0 heterocycles. The highest BCUT2D eigenvalue weighted by molar-refractivity contribution is 9.10. The second-order valence-corrected chi connectivity index (χ2v) is 5.47. The lowest BCUT2D eigenvalue weighted by Crippen LogP contribution is -2.18. The predicted octanol–water partition coefficient (Wildman–Crippen LogP) is 4.45. The fraction of sp³-hybridized carbons (Fsp3) is 0.250. The highest BCUT2D eigenvalue weighted by Crippen LogP contribution is 2.21. The van der Waals surface area contributed by atoms with Crippen molar-refractivity contribution in [2.75, 3.05) is 7.11 Å². The zero-order valence-corrected chi connectivity index (χ0v) is 13.1. The minimum atomic E-state index is -0.223. The lowest BCUT2D eigenvalue weighted by molar-refractivity contribution is 0.413. The Morgan fingerprint density at radius 3 is 2.80 bits per heavy atom. The van der Waals surface area contributed by atoms with E-state index in [4.69, 9.17) is 4.74 Å². The first-order valence-electron chi connectivity index (χ1n) is 6.41. The molecule has 0 aliphatic carbocycles. The minimum Gasteiger partial charge on any atom is -0.497 e. The minimum absolute atomic E-state index is 0.153. The normalized spacial score (nSPS) is 12.2. The number of nitrogens with one attached hydrogen (secondary N) is 1. The van der Waals surface area contributed by atoms with Gasteiger partial charge in [0.2, 0.25) is 0 Å². The van der Waals surface area contributed by atoms with Crippen LogP contribution in [0.1, 0.15) is 24.1 Å². The van der Waals surface area contributed by atoms with Gasteiger partial charge in [-0.25, -0.2) is 4.39 Å². The number of hydrogen-bond donors (Lipinski definition) is 1. The van der Waals surface area contributed by atoms with Gasteiger partial charge >= 0.3 is 0 Å². The molecule has 0 aromatic heterocycles. The number of halogens is 2. The number of ether oxygens (including phenoxy) is 1. The fourth-order valence-corrected chi connectivity index (χ4v) is 2.36. The molecule has 2 rings (SSSR count). The molecule has 0 unspecified atom stereocenters. The zero-order chi connectivity index (χ0) is 14.5. The van der Waals surface area contributed by atoms with Crippen molar-refractivity contribution in [1.82, 2.24) is 5.32 Å². The van der Waals surface area contributed by atoms with Gasteiger partial charge in [-0.3, -0.25) is 0 Å². The summed E-state index contributed by atoms with van der Waals surface area (Å²) in [5.41, 5.74) is 2.04. The van der Waals surface area contributed by atoms with Crippen molar-refractivity contribution >= 4 is 15.9 Å². The molecule has 4 heteroatoms. The molecule has 2 aromatic rings. The van der Waals surface area contributed by atoms with Crippen LogP contribution in [0.4, 0.5) is 4.39 Å². The Hall–Kier alpha value is -1.39. The van der Waals surface area contributed by atoms with Gasteiger partial charge in [0.25, 0.3) is 0 Å². The van der Waals surface area contributed by atoms with E-state index in [2.05, 4.69) is 28.2 Å². The lowest BCUT2D eigenvalue weighted by Gasteiger charge is -2.16. The SMILES string of the molecule is COc1cccc([C@H](C)NCc2cc(F)ccc2Br)c1. The zero-order valence-electron chi connectivity index (χ0n) is 11.5. The summed E-state index contributed by atoms with van der Waals surface area (Å²) in [5.74, 6) is 0.613. The van der Waals surface area contributed by atoms with E-state index in [0.29, 0.717) is 6.54 Å². The van der Waals surface area contributed by atoms with E-state index in [1.165, 1.54) is 12.1 Å². The third-order valence-electron chi connectivity index (χ3n) is 3.20. The summed E-state index contributed by atoms with van der Waals surface area (Å²) in [6.07, 6.45) is 0. The smallest absolute Gasteiger partial charge is 0.123 e. The van der Waals surface area contributed by atoms with E-state index in [9.17, 15) is 4.39 Å². The van der Waals surface area contributed by atoms with Crippen molar-refractivity contribution in [1.29, 1.82) is 0 Å². The largest absolute Gasteiger partial charge is 0.497 e.